The molecule has 1 aromatic carbocycles. The zero-order valence-corrected chi connectivity index (χ0v) is 7.34. The third-order valence-corrected chi connectivity index (χ3v) is 2.61. The number of aliphatic hydroxyl groups excluding tert-OH is 1. The van der Waals surface area contributed by atoms with Crippen molar-refractivity contribution in [3.8, 4) is 0 Å². The summed E-state index contributed by atoms with van der Waals surface area (Å²) < 4.78 is 1.21. The Bertz CT molecular complexity index is 383. The minimum absolute atomic E-state index is 0.204. The molecule has 2 nitrogen and oxygen atoms in total. The van der Waals surface area contributed by atoms with Crippen LogP contribution in [-0.4, -0.2) is 16.7 Å². The van der Waals surface area contributed by atoms with Gasteiger partial charge in [-0.05, 0) is 24.1 Å². The van der Waals surface area contributed by atoms with Crippen LogP contribution in [0.2, 0.25) is 0 Å². The van der Waals surface area contributed by atoms with E-state index in [1.54, 1.807) is 11.3 Å². The summed E-state index contributed by atoms with van der Waals surface area (Å²) in [6.07, 6.45) is 0.716. The van der Waals surface area contributed by atoms with Gasteiger partial charge < -0.3 is 5.11 Å². The van der Waals surface area contributed by atoms with E-state index in [4.69, 9.17) is 5.11 Å². The van der Waals surface area contributed by atoms with Crippen LogP contribution in [0.4, 0.5) is 0 Å². The van der Waals surface area contributed by atoms with E-state index in [0.29, 0.717) is 6.42 Å². The van der Waals surface area contributed by atoms with Gasteiger partial charge in [0.2, 0.25) is 0 Å². The molecule has 0 fully saturated rings. The Morgan fingerprint density at radius 2 is 2.33 bits per heavy atom. The number of rotatable bonds is 2. The molecule has 12 heavy (non-hydrogen) atoms. The molecule has 2 aromatic rings. The van der Waals surface area contributed by atoms with Crippen molar-refractivity contribution in [2.24, 2.45) is 0 Å². The average Bonchev–Trinajstić information content (AvgIpc) is 2.51. The van der Waals surface area contributed by atoms with Crippen molar-refractivity contribution >= 4 is 21.6 Å². The largest absolute Gasteiger partial charge is 0.396 e. The van der Waals surface area contributed by atoms with E-state index in [9.17, 15) is 0 Å². The summed E-state index contributed by atoms with van der Waals surface area (Å²) in [5, 5.41) is 8.72. The maximum atomic E-state index is 8.72. The van der Waals surface area contributed by atoms with Crippen LogP contribution < -0.4 is 0 Å². The van der Waals surface area contributed by atoms with Crippen LogP contribution in [-0.2, 0) is 6.42 Å². The van der Waals surface area contributed by atoms with Crippen molar-refractivity contribution in [1.82, 2.24) is 4.98 Å². The van der Waals surface area contributed by atoms with Crippen LogP contribution in [0.15, 0.2) is 23.7 Å². The highest BCUT2D eigenvalue weighted by atomic mass is 32.1. The smallest absolute Gasteiger partial charge is 0.0814 e. The summed E-state index contributed by atoms with van der Waals surface area (Å²) in [6.45, 7) is 0.204. The molecule has 0 unspecified atom stereocenters. The van der Waals surface area contributed by atoms with Crippen molar-refractivity contribution in [3.05, 3.63) is 29.3 Å². The van der Waals surface area contributed by atoms with Crippen molar-refractivity contribution in [3.63, 3.8) is 0 Å². The van der Waals surface area contributed by atoms with Crippen molar-refractivity contribution in [1.29, 1.82) is 0 Å². The van der Waals surface area contributed by atoms with Crippen LogP contribution >= 0.6 is 11.3 Å². The fourth-order valence-electron chi connectivity index (χ4n) is 1.19. The van der Waals surface area contributed by atoms with Gasteiger partial charge in [-0.25, -0.2) is 4.98 Å². The molecule has 1 heterocycles. The summed E-state index contributed by atoms with van der Waals surface area (Å²) in [6, 6.07) is 6.12. The molecule has 1 N–H and O–H groups in total. The zero-order chi connectivity index (χ0) is 8.39. The van der Waals surface area contributed by atoms with Crippen LogP contribution in [0.3, 0.4) is 0 Å². The van der Waals surface area contributed by atoms with E-state index >= 15 is 0 Å². The van der Waals surface area contributed by atoms with Gasteiger partial charge in [-0.2, -0.15) is 0 Å². The van der Waals surface area contributed by atoms with Crippen LogP contribution in [0, 0.1) is 0 Å². The molecule has 0 aliphatic heterocycles. The second-order valence-electron chi connectivity index (χ2n) is 2.63. The summed E-state index contributed by atoms with van der Waals surface area (Å²) in [5.74, 6) is 0. The second-order valence-corrected chi connectivity index (χ2v) is 3.51. The molecule has 0 radical (unpaired) electrons. The molecular weight excluding hydrogens is 170 g/mol. The first-order valence-electron chi connectivity index (χ1n) is 3.83. The molecule has 0 aliphatic carbocycles. The van der Waals surface area contributed by atoms with Gasteiger partial charge in [0.25, 0.3) is 0 Å². The van der Waals surface area contributed by atoms with Gasteiger partial charge in [-0.3, -0.25) is 0 Å². The quantitative estimate of drug-likeness (QED) is 0.763. The van der Waals surface area contributed by atoms with Crippen molar-refractivity contribution < 1.29 is 5.11 Å². The number of benzene rings is 1. The maximum Gasteiger partial charge on any atom is 0.0814 e. The fourth-order valence-corrected chi connectivity index (χ4v) is 1.85. The molecular formula is C9H9NOS. The molecule has 1 aromatic heterocycles. The lowest BCUT2D eigenvalue weighted by Gasteiger charge is -1.96. The molecule has 2 rings (SSSR count). The molecule has 0 atom stereocenters. The third kappa shape index (κ3) is 1.33. The Balaban J connectivity index is 2.46. The molecule has 3 heteroatoms. The Kier molecular flexibility index (Phi) is 2.06. The topological polar surface area (TPSA) is 33.1 Å². The highest BCUT2D eigenvalue weighted by Crippen LogP contribution is 2.18. The highest BCUT2D eigenvalue weighted by Gasteiger charge is 1.97. The van der Waals surface area contributed by atoms with Gasteiger partial charge in [-0.15, -0.1) is 11.3 Å². The lowest BCUT2D eigenvalue weighted by atomic mass is 10.1. The number of nitrogens with zero attached hydrogens (tertiary/aromatic N) is 1. The fraction of sp³-hybridized carbons (Fsp3) is 0.222. The number of hydrogen-bond acceptors (Lipinski definition) is 3. The predicted octanol–water partition coefficient (Wildman–Crippen LogP) is 1.83. The lowest BCUT2D eigenvalue weighted by Crippen LogP contribution is -1.89. The number of hydrogen-bond donors (Lipinski definition) is 1. The minimum Gasteiger partial charge on any atom is -0.396 e. The number of thiazole rings is 1. The Hall–Kier alpha value is -0.930. The SMILES string of the molecule is OCCc1ccc2scnc2c1. The van der Waals surface area contributed by atoms with Crippen molar-refractivity contribution in [2.45, 2.75) is 6.42 Å². The first-order valence-corrected chi connectivity index (χ1v) is 4.71. The van der Waals surface area contributed by atoms with Crippen LogP contribution in [0.1, 0.15) is 5.56 Å². The summed E-state index contributed by atoms with van der Waals surface area (Å²) in [5.41, 5.74) is 4.02. The summed E-state index contributed by atoms with van der Waals surface area (Å²) in [7, 11) is 0. The zero-order valence-electron chi connectivity index (χ0n) is 6.53. The van der Waals surface area contributed by atoms with Gasteiger partial charge in [0.15, 0.2) is 0 Å². The van der Waals surface area contributed by atoms with Crippen molar-refractivity contribution in [2.75, 3.05) is 6.61 Å². The molecule has 0 saturated carbocycles. The Morgan fingerprint density at radius 1 is 1.42 bits per heavy atom. The van der Waals surface area contributed by atoms with Gasteiger partial charge in [0.1, 0.15) is 0 Å². The molecule has 0 saturated heterocycles. The van der Waals surface area contributed by atoms with Crippen LogP contribution in [0.5, 0.6) is 0 Å². The van der Waals surface area contributed by atoms with Gasteiger partial charge in [-0.1, -0.05) is 6.07 Å². The molecule has 0 aliphatic rings. The number of fused-ring (bicyclic) bond motifs is 1. The summed E-state index contributed by atoms with van der Waals surface area (Å²) in [4.78, 5) is 4.20. The Morgan fingerprint density at radius 3 is 3.17 bits per heavy atom. The van der Waals surface area contributed by atoms with Gasteiger partial charge >= 0.3 is 0 Å². The maximum absolute atomic E-state index is 8.72. The van der Waals surface area contributed by atoms with E-state index in [0.717, 1.165) is 11.1 Å². The molecule has 0 amide bonds. The minimum atomic E-state index is 0.204. The van der Waals surface area contributed by atoms with Gasteiger partial charge in [0.05, 0.1) is 15.7 Å². The molecule has 62 valence electrons. The number of aliphatic hydroxyl groups is 1. The van der Waals surface area contributed by atoms with Gasteiger partial charge in [0, 0.05) is 6.61 Å². The summed E-state index contributed by atoms with van der Waals surface area (Å²) >= 11 is 1.64. The first kappa shape index (κ1) is 7.71. The normalized spacial score (nSPS) is 10.8. The van der Waals surface area contributed by atoms with E-state index < -0.39 is 0 Å². The highest BCUT2D eigenvalue weighted by molar-refractivity contribution is 7.16. The third-order valence-electron chi connectivity index (χ3n) is 1.80. The van der Waals surface area contributed by atoms with E-state index in [1.807, 2.05) is 17.6 Å². The number of aromatic nitrogens is 1. The van der Waals surface area contributed by atoms with E-state index in [2.05, 4.69) is 11.1 Å². The second kappa shape index (κ2) is 3.21. The molecule has 0 bridgehead atoms. The predicted molar refractivity (Wildman–Crippen MR) is 50.4 cm³/mol. The standard InChI is InChI=1S/C9H9NOS/c11-4-3-7-1-2-9-8(5-7)10-6-12-9/h1-2,5-6,11H,3-4H2. The Labute approximate surface area is 74.5 Å². The van der Waals surface area contributed by atoms with E-state index in [1.165, 1.54) is 4.70 Å². The van der Waals surface area contributed by atoms with Crippen LogP contribution in [0.25, 0.3) is 10.2 Å². The monoisotopic (exact) mass is 179 g/mol. The average molecular weight is 179 g/mol. The molecule has 0 spiro atoms. The van der Waals surface area contributed by atoms with E-state index in [-0.39, 0.29) is 6.61 Å². The lowest BCUT2D eigenvalue weighted by molar-refractivity contribution is 0.299. The first-order chi connectivity index (χ1) is 5.90.